The lowest BCUT2D eigenvalue weighted by molar-refractivity contribution is 0.600. The summed E-state index contributed by atoms with van der Waals surface area (Å²) >= 11 is 5.91. The normalized spacial score (nSPS) is 11.4. The predicted octanol–water partition coefficient (Wildman–Crippen LogP) is 1.40. The Morgan fingerprint density at radius 1 is 1.24 bits per heavy atom. The van der Waals surface area contributed by atoms with Gasteiger partial charge >= 0.3 is 0 Å². The first-order valence-corrected chi connectivity index (χ1v) is 7.89. The number of aryl methyl sites for hydroxylation is 2. The summed E-state index contributed by atoms with van der Waals surface area (Å²) in [5.41, 5.74) is 7.29. The number of halogens is 1. The molecule has 112 valence electrons. The van der Waals surface area contributed by atoms with Crippen LogP contribution >= 0.6 is 11.6 Å². The third-order valence-electron chi connectivity index (χ3n) is 2.86. The lowest BCUT2D eigenvalue weighted by Gasteiger charge is -2.09. The van der Waals surface area contributed by atoms with E-state index in [0.717, 1.165) is 0 Å². The van der Waals surface area contributed by atoms with Gasteiger partial charge in [0.25, 0.3) is 16.0 Å². The maximum Gasteiger partial charge on any atom is 0.264 e. The molecule has 0 bridgehead atoms. The molecule has 2 aromatic rings. The van der Waals surface area contributed by atoms with Gasteiger partial charge in [-0.1, -0.05) is 11.6 Å². The molecule has 0 atom stereocenters. The molecule has 0 aliphatic rings. The topological polar surface area (TPSA) is 111 Å². The molecule has 0 radical (unpaired) electrons. The Morgan fingerprint density at radius 2 is 1.95 bits per heavy atom. The summed E-state index contributed by atoms with van der Waals surface area (Å²) in [6.45, 7) is 3.60. The Balaban J connectivity index is 2.35. The van der Waals surface area contributed by atoms with Crippen molar-refractivity contribution >= 4 is 27.6 Å². The van der Waals surface area contributed by atoms with Crippen LogP contribution in [0.3, 0.4) is 0 Å². The van der Waals surface area contributed by atoms with Crippen LogP contribution in [0.25, 0.3) is 0 Å². The van der Waals surface area contributed by atoms with Gasteiger partial charge in [-0.2, -0.15) is 5.10 Å². The van der Waals surface area contributed by atoms with E-state index in [1.54, 1.807) is 13.8 Å². The second kappa shape index (κ2) is 5.92. The summed E-state index contributed by atoms with van der Waals surface area (Å²) in [5, 5.41) is 7.95. The molecule has 0 unspecified atom stereocenters. The SMILES string of the molecule is Cc1nnc(NS(=O)(=O)c2ccc(Cl)c(CN)c2)nc1C. The summed E-state index contributed by atoms with van der Waals surface area (Å²) in [7, 11) is -3.82. The number of rotatable bonds is 4. The number of nitrogens with one attached hydrogen (secondary N) is 1. The number of sulfonamides is 1. The molecule has 0 amide bonds. The number of nitrogens with zero attached hydrogens (tertiary/aromatic N) is 3. The van der Waals surface area contributed by atoms with Gasteiger partial charge in [0.15, 0.2) is 0 Å². The highest BCUT2D eigenvalue weighted by atomic mass is 35.5. The number of benzene rings is 1. The number of anilines is 1. The van der Waals surface area contributed by atoms with Crippen LogP contribution in [0.5, 0.6) is 0 Å². The Morgan fingerprint density at radius 3 is 2.57 bits per heavy atom. The third-order valence-corrected chi connectivity index (χ3v) is 4.56. The molecule has 0 aliphatic carbocycles. The minimum Gasteiger partial charge on any atom is -0.326 e. The van der Waals surface area contributed by atoms with Crippen molar-refractivity contribution in [2.24, 2.45) is 5.73 Å². The quantitative estimate of drug-likeness (QED) is 0.878. The number of hydrogen-bond donors (Lipinski definition) is 2. The van der Waals surface area contributed by atoms with Gasteiger partial charge in [-0.3, -0.25) is 0 Å². The van der Waals surface area contributed by atoms with E-state index in [-0.39, 0.29) is 17.4 Å². The third kappa shape index (κ3) is 3.46. The van der Waals surface area contributed by atoms with E-state index in [1.807, 2.05) is 0 Å². The molecule has 9 heteroatoms. The number of aromatic nitrogens is 3. The molecular formula is C12H14ClN5O2S. The number of nitrogens with two attached hydrogens (primary N) is 1. The Bertz CT molecular complexity index is 779. The van der Waals surface area contributed by atoms with Crippen LogP contribution in [0.2, 0.25) is 5.02 Å². The van der Waals surface area contributed by atoms with Gasteiger partial charge in [-0.25, -0.2) is 18.1 Å². The molecule has 21 heavy (non-hydrogen) atoms. The fraction of sp³-hybridized carbons (Fsp3) is 0.250. The van der Waals surface area contributed by atoms with E-state index in [4.69, 9.17) is 17.3 Å². The van der Waals surface area contributed by atoms with Gasteiger partial charge < -0.3 is 5.73 Å². The summed E-state index contributed by atoms with van der Waals surface area (Å²) in [4.78, 5) is 4.07. The van der Waals surface area contributed by atoms with Crippen LogP contribution in [0.15, 0.2) is 23.1 Å². The zero-order chi connectivity index (χ0) is 15.6. The highest BCUT2D eigenvalue weighted by Gasteiger charge is 2.17. The zero-order valence-corrected chi connectivity index (χ0v) is 13.0. The maximum atomic E-state index is 12.3. The molecule has 1 aromatic heterocycles. The first kappa shape index (κ1) is 15.6. The monoisotopic (exact) mass is 327 g/mol. The Hall–Kier alpha value is -1.77. The molecule has 0 aliphatic heterocycles. The predicted molar refractivity (Wildman–Crippen MR) is 79.5 cm³/mol. The lowest BCUT2D eigenvalue weighted by Crippen LogP contribution is -2.17. The van der Waals surface area contributed by atoms with Crippen molar-refractivity contribution in [1.82, 2.24) is 15.2 Å². The lowest BCUT2D eigenvalue weighted by atomic mass is 10.2. The molecule has 0 fully saturated rings. The fourth-order valence-corrected chi connectivity index (χ4v) is 2.74. The summed E-state index contributed by atoms with van der Waals surface area (Å²) in [6.07, 6.45) is 0. The summed E-state index contributed by atoms with van der Waals surface area (Å²) in [6, 6.07) is 4.29. The van der Waals surface area contributed by atoms with E-state index < -0.39 is 10.0 Å². The standard InChI is InChI=1S/C12H14ClN5O2S/c1-7-8(2)16-17-12(15-7)18-21(19,20)10-3-4-11(13)9(5-10)6-14/h3-5H,6,14H2,1-2H3,(H,15,17,18). The zero-order valence-electron chi connectivity index (χ0n) is 11.5. The van der Waals surface area contributed by atoms with Crippen LogP contribution in [0.4, 0.5) is 5.95 Å². The minimum absolute atomic E-state index is 0.0363. The van der Waals surface area contributed by atoms with E-state index in [9.17, 15) is 8.42 Å². The van der Waals surface area contributed by atoms with Gasteiger partial charge in [-0.15, -0.1) is 5.10 Å². The van der Waals surface area contributed by atoms with Crippen LogP contribution < -0.4 is 10.5 Å². The van der Waals surface area contributed by atoms with Crippen molar-refractivity contribution in [2.75, 3.05) is 4.72 Å². The Labute approximate surface area is 127 Å². The van der Waals surface area contributed by atoms with Gasteiger partial charge in [0, 0.05) is 11.6 Å². The molecule has 7 nitrogen and oxygen atoms in total. The summed E-state index contributed by atoms with van der Waals surface area (Å²) < 4.78 is 26.8. The van der Waals surface area contributed by atoms with E-state index in [0.29, 0.717) is 22.0 Å². The van der Waals surface area contributed by atoms with Crippen molar-refractivity contribution in [2.45, 2.75) is 25.3 Å². The maximum absolute atomic E-state index is 12.3. The van der Waals surface area contributed by atoms with Crippen molar-refractivity contribution in [3.8, 4) is 0 Å². The fourth-order valence-electron chi connectivity index (χ4n) is 1.55. The van der Waals surface area contributed by atoms with Crippen LogP contribution in [0.1, 0.15) is 17.0 Å². The molecule has 0 saturated carbocycles. The Kier molecular flexibility index (Phi) is 4.40. The van der Waals surface area contributed by atoms with Crippen molar-refractivity contribution in [3.63, 3.8) is 0 Å². The molecule has 2 rings (SSSR count). The molecule has 0 spiro atoms. The van der Waals surface area contributed by atoms with E-state index in [1.165, 1.54) is 18.2 Å². The summed E-state index contributed by atoms with van der Waals surface area (Å²) in [5.74, 6) is -0.0812. The first-order chi connectivity index (χ1) is 9.83. The van der Waals surface area contributed by atoms with Gasteiger partial charge in [0.05, 0.1) is 16.3 Å². The van der Waals surface area contributed by atoms with E-state index >= 15 is 0 Å². The average Bonchev–Trinajstić information content (AvgIpc) is 2.43. The minimum atomic E-state index is -3.82. The largest absolute Gasteiger partial charge is 0.326 e. The molecule has 0 saturated heterocycles. The van der Waals surface area contributed by atoms with Gasteiger partial charge in [0.1, 0.15) is 0 Å². The van der Waals surface area contributed by atoms with Crippen LogP contribution in [0, 0.1) is 13.8 Å². The highest BCUT2D eigenvalue weighted by Crippen LogP contribution is 2.21. The first-order valence-electron chi connectivity index (χ1n) is 6.02. The average molecular weight is 328 g/mol. The highest BCUT2D eigenvalue weighted by molar-refractivity contribution is 7.92. The van der Waals surface area contributed by atoms with Crippen LogP contribution in [-0.2, 0) is 16.6 Å². The number of hydrogen-bond acceptors (Lipinski definition) is 6. The van der Waals surface area contributed by atoms with Crippen LogP contribution in [-0.4, -0.2) is 23.6 Å². The van der Waals surface area contributed by atoms with Crippen molar-refractivity contribution in [3.05, 3.63) is 40.2 Å². The smallest absolute Gasteiger partial charge is 0.264 e. The second-order valence-electron chi connectivity index (χ2n) is 4.37. The second-order valence-corrected chi connectivity index (χ2v) is 6.46. The van der Waals surface area contributed by atoms with Gasteiger partial charge in [-0.05, 0) is 37.6 Å². The molecule has 1 aromatic carbocycles. The van der Waals surface area contributed by atoms with Crippen molar-refractivity contribution < 1.29 is 8.42 Å². The van der Waals surface area contributed by atoms with E-state index in [2.05, 4.69) is 19.9 Å². The molecule has 1 heterocycles. The molecule has 3 N–H and O–H groups in total. The van der Waals surface area contributed by atoms with Crippen molar-refractivity contribution in [1.29, 1.82) is 0 Å². The van der Waals surface area contributed by atoms with Gasteiger partial charge in [0.2, 0.25) is 0 Å². The molecular weight excluding hydrogens is 314 g/mol.